The van der Waals surface area contributed by atoms with E-state index in [0.717, 1.165) is 12.0 Å². The summed E-state index contributed by atoms with van der Waals surface area (Å²) in [5.74, 6) is 2.26. The molecule has 0 aliphatic heterocycles. The molecule has 4 rings (SSSR count). The van der Waals surface area contributed by atoms with Crippen molar-refractivity contribution in [3.8, 4) is 17.0 Å². The number of aromatic nitrogens is 2. The number of benzene rings is 1. The number of para-hydroxylation sites is 1. The van der Waals surface area contributed by atoms with Crippen LogP contribution in [0.15, 0.2) is 53.3 Å². The van der Waals surface area contributed by atoms with Gasteiger partial charge in [0.25, 0.3) is 5.56 Å². The molecule has 27 heavy (non-hydrogen) atoms. The first-order valence-electron chi connectivity index (χ1n) is 9.30. The maximum absolute atomic E-state index is 12.3. The molecule has 1 amide bonds. The Morgan fingerprint density at radius 3 is 2.81 bits per heavy atom. The quantitative estimate of drug-likeness (QED) is 0.797. The Bertz CT molecular complexity index is 934. The second kappa shape index (κ2) is 7.39. The SMILES string of the molecule is COc1ccccc1-c1ccc(=O)n(CC(=O)NC[C@H]2C[C@H]3C=C[C@H]2C3)n1. The van der Waals surface area contributed by atoms with Gasteiger partial charge in [-0.05, 0) is 48.8 Å². The second-order valence-electron chi connectivity index (χ2n) is 7.26. The van der Waals surface area contributed by atoms with E-state index in [1.165, 1.54) is 17.2 Å². The minimum atomic E-state index is -0.299. The largest absolute Gasteiger partial charge is 0.496 e. The summed E-state index contributed by atoms with van der Waals surface area (Å²) in [6, 6.07) is 10.5. The normalized spacial score (nSPS) is 22.8. The summed E-state index contributed by atoms with van der Waals surface area (Å²) in [6.45, 7) is 0.573. The van der Waals surface area contributed by atoms with Crippen molar-refractivity contribution in [3.05, 3.63) is 58.9 Å². The highest BCUT2D eigenvalue weighted by molar-refractivity contribution is 5.75. The van der Waals surface area contributed by atoms with Crippen LogP contribution in [-0.4, -0.2) is 29.3 Å². The zero-order valence-electron chi connectivity index (χ0n) is 15.3. The molecule has 1 aromatic heterocycles. The number of carbonyl (C=O) groups excluding carboxylic acids is 1. The maximum atomic E-state index is 12.3. The minimum Gasteiger partial charge on any atom is -0.496 e. The third-order valence-electron chi connectivity index (χ3n) is 5.52. The van der Waals surface area contributed by atoms with Gasteiger partial charge in [0, 0.05) is 18.2 Å². The number of rotatable bonds is 6. The fraction of sp³-hybridized carbons (Fsp3) is 0.381. The highest BCUT2D eigenvalue weighted by Crippen LogP contribution is 2.42. The molecular weight excluding hydrogens is 342 g/mol. The van der Waals surface area contributed by atoms with Gasteiger partial charge in [0.05, 0.1) is 12.8 Å². The number of carbonyl (C=O) groups is 1. The van der Waals surface area contributed by atoms with Crippen molar-refractivity contribution in [3.63, 3.8) is 0 Å². The zero-order valence-corrected chi connectivity index (χ0v) is 15.3. The molecule has 1 aromatic carbocycles. The Kier molecular flexibility index (Phi) is 4.79. The van der Waals surface area contributed by atoms with Crippen molar-refractivity contribution >= 4 is 5.91 Å². The Morgan fingerprint density at radius 2 is 2.07 bits per heavy atom. The van der Waals surface area contributed by atoms with Gasteiger partial charge in [0.2, 0.25) is 5.91 Å². The van der Waals surface area contributed by atoms with E-state index < -0.39 is 0 Å². The van der Waals surface area contributed by atoms with Crippen LogP contribution >= 0.6 is 0 Å². The molecule has 0 saturated heterocycles. The lowest BCUT2D eigenvalue weighted by atomic mass is 9.94. The average Bonchev–Trinajstić information content (AvgIpc) is 3.31. The van der Waals surface area contributed by atoms with Crippen molar-refractivity contribution in [2.24, 2.45) is 17.8 Å². The molecule has 140 valence electrons. The summed E-state index contributed by atoms with van der Waals surface area (Å²) < 4.78 is 6.56. The number of hydrogen-bond donors (Lipinski definition) is 1. The molecule has 1 heterocycles. The lowest BCUT2D eigenvalue weighted by molar-refractivity contribution is -0.122. The van der Waals surface area contributed by atoms with Crippen molar-refractivity contribution < 1.29 is 9.53 Å². The Hall–Kier alpha value is -2.89. The predicted octanol–water partition coefficient (Wildman–Crippen LogP) is 2.25. The van der Waals surface area contributed by atoms with E-state index in [1.54, 1.807) is 13.2 Å². The van der Waals surface area contributed by atoms with E-state index >= 15 is 0 Å². The molecule has 1 saturated carbocycles. The highest BCUT2D eigenvalue weighted by Gasteiger charge is 2.35. The Balaban J connectivity index is 1.44. The van der Waals surface area contributed by atoms with Gasteiger partial charge in [-0.2, -0.15) is 5.10 Å². The smallest absolute Gasteiger partial charge is 0.267 e. The van der Waals surface area contributed by atoms with Gasteiger partial charge in [0.15, 0.2) is 0 Å². The minimum absolute atomic E-state index is 0.0848. The second-order valence-corrected chi connectivity index (χ2v) is 7.26. The lowest BCUT2D eigenvalue weighted by Crippen LogP contribution is -2.36. The van der Waals surface area contributed by atoms with Crippen molar-refractivity contribution in [1.29, 1.82) is 0 Å². The Morgan fingerprint density at radius 1 is 1.22 bits per heavy atom. The fourth-order valence-corrected chi connectivity index (χ4v) is 4.13. The van der Waals surface area contributed by atoms with Crippen LogP contribution in [0.3, 0.4) is 0 Å². The van der Waals surface area contributed by atoms with Crippen LogP contribution in [0.2, 0.25) is 0 Å². The van der Waals surface area contributed by atoms with E-state index in [1.807, 2.05) is 24.3 Å². The van der Waals surface area contributed by atoms with Crippen molar-refractivity contribution in [2.45, 2.75) is 19.4 Å². The molecule has 2 aliphatic carbocycles. The first kappa shape index (κ1) is 17.5. The van der Waals surface area contributed by atoms with Gasteiger partial charge in [-0.1, -0.05) is 24.3 Å². The topological polar surface area (TPSA) is 73.2 Å². The molecular formula is C21H23N3O3. The summed E-state index contributed by atoms with van der Waals surface area (Å²) in [7, 11) is 1.59. The van der Waals surface area contributed by atoms with E-state index in [-0.39, 0.29) is 18.0 Å². The van der Waals surface area contributed by atoms with Crippen LogP contribution in [0, 0.1) is 17.8 Å². The van der Waals surface area contributed by atoms with E-state index in [4.69, 9.17) is 4.74 Å². The summed E-state index contributed by atoms with van der Waals surface area (Å²) in [5, 5.41) is 7.33. The fourth-order valence-electron chi connectivity index (χ4n) is 4.13. The standard InChI is InChI=1S/C21H23N3O3/c1-27-19-5-3-2-4-17(19)18-8-9-21(26)24(23-18)13-20(25)22-12-16-11-14-6-7-15(16)10-14/h2-9,14-16H,10-13H2,1H3,(H,22,25)/t14-,15-,16+/m0/s1. The van der Waals surface area contributed by atoms with E-state index in [0.29, 0.717) is 35.7 Å². The van der Waals surface area contributed by atoms with Crippen LogP contribution in [0.25, 0.3) is 11.3 Å². The molecule has 2 aromatic rings. The van der Waals surface area contributed by atoms with Crippen LogP contribution in [0.4, 0.5) is 0 Å². The van der Waals surface area contributed by atoms with Crippen LogP contribution in [-0.2, 0) is 11.3 Å². The first-order valence-corrected chi connectivity index (χ1v) is 9.30. The van der Waals surface area contributed by atoms with Gasteiger partial charge in [0.1, 0.15) is 12.3 Å². The van der Waals surface area contributed by atoms with Gasteiger partial charge in [-0.3, -0.25) is 9.59 Å². The molecule has 0 radical (unpaired) electrons. The lowest BCUT2D eigenvalue weighted by Gasteiger charge is -2.18. The van der Waals surface area contributed by atoms with Gasteiger partial charge in [-0.15, -0.1) is 0 Å². The Labute approximate surface area is 157 Å². The third kappa shape index (κ3) is 3.65. The van der Waals surface area contributed by atoms with Crippen LogP contribution < -0.4 is 15.6 Å². The molecule has 6 heteroatoms. The molecule has 2 bridgehead atoms. The number of nitrogens with one attached hydrogen (secondary N) is 1. The summed E-state index contributed by atoms with van der Waals surface area (Å²) in [4.78, 5) is 24.5. The molecule has 2 aliphatic rings. The third-order valence-corrected chi connectivity index (χ3v) is 5.52. The number of amides is 1. The highest BCUT2D eigenvalue weighted by atomic mass is 16.5. The summed E-state index contributed by atoms with van der Waals surface area (Å²) in [6.07, 6.45) is 6.91. The zero-order chi connectivity index (χ0) is 18.8. The molecule has 3 atom stereocenters. The number of hydrogen-bond acceptors (Lipinski definition) is 4. The molecule has 0 unspecified atom stereocenters. The molecule has 1 N–H and O–H groups in total. The summed E-state index contributed by atoms with van der Waals surface area (Å²) in [5.41, 5.74) is 1.08. The maximum Gasteiger partial charge on any atom is 0.267 e. The van der Waals surface area contributed by atoms with Gasteiger partial charge < -0.3 is 10.1 Å². The molecule has 1 fully saturated rings. The van der Waals surface area contributed by atoms with Crippen LogP contribution in [0.5, 0.6) is 5.75 Å². The molecule has 0 spiro atoms. The number of fused-ring (bicyclic) bond motifs is 2. The van der Waals surface area contributed by atoms with Crippen molar-refractivity contribution in [2.75, 3.05) is 13.7 Å². The summed E-state index contributed by atoms with van der Waals surface area (Å²) >= 11 is 0. The predicted molar refractivity (Wildman–Crippen MR) is 102 cm³/mol. The van der Waals surface area contributed by atoms with E-state index in [9.17, 15) is 9.59 Å². The number of ether oxygens (including phenoxy) is 1. The number of nitrogens with zero attached hydrogens (tertiary/aromatic N) is 2. The van der Waals surface area contributed by atoms with Crippen molar-refractivity contribution in [1.82, 2.24) is 15.1 Å². The number of allylic oxidation sites excluding steroid dienone is 2. The van der Waals surface area contributed by atoms with Gasteiger partial charge in [-0.25, -0.2) is 4.68 Å². The van der Waals surface area contributed by atoms with Crippen LogP contribution in [0.1, 0.15) is 12.8 Å². The van der Waals surface area contributed by atoms with E-state index in [2.05, 4.69) is 22.6 Å². The number of methoxy groups -OCH3 is 1. The molecule has 6 nitrogen and oxygen atoms in total. The first-order chi connectivity index (χ1) is 13.1. The van der Waals surface area contributed by atoms with Gasteiger partial charge >= 0.3 is 0 Å². The monoisotopic (exact) mass is 365 g/mol. The average molecular weight is 365 g/mol.